The summed E-state index contributed by atoms with van der Waals surface area (Å²) in [5.41, 5.74) is 0.409. The Morgan fingerprint density at radius 2 is 1.72 bits per heavy atom. The molecule has 162 valence electrons. The molecule has 3 rings (SSSR count). The van der Waals surface area contributed by atoms with Gasteiger partial charge in [0.25, 0.3) is 0 Å². The monoisotopic (exact) mass is 433 g/mol. The summed E-state index contributed by atoms with van der Waals surface area (Å²) in [6, 6.07) is 5.17. The first kappa shape index (κ1) is 22.0. The first-order chi connectivity index (χ1) is 13.6. The van der Waals surface area contributed by atoms with E-state index in [1.165, 1.54) is 28.6 Å². The number of rotatable bonds is 5. The molecule has 1 aromatic carbocycles. The van der Waals surface area contributed by atoms with E-state index in [-0.39, 0.29) is 17.9 Å². The van der Waals surface area contributed by atoms with Crippen LogP contribution in [0, 0.1) is 5.92 Å². The third-order valence-electron chi connectivity index (χ3n) is 5.67. The Kier molecular flexibility index (Phi) is 6.54. The fourth-order valence-electron chi connectivity index (χ4n) is 3.83. The highest BCUT2D eigenvalue weighted by molar-refractivity contribution is 7.89. The molecule has 2 unspecified atom stereocenters. The number of carbonyl (C=O) groups excluding carboxylic acids is 1. The van der Waals surface area contributed by atoms with Crippen molar-refractivity contribution in [1.82, 2.24) is 9.21 Å². The number of alkyl halides is 3. The Hall–Kier alpha value is -1.65. The molecule has 6 nitrogen and oxygen atoms in total. The molecule has 10 heteroatoms. The Balaban J connectivity index is 1.61. The van der Waals surface area contributed by atoms with E-state index in [0.29, 0.717) is 31.7 Å². The van der Waals surface area contributed by atoms with E-state index in [1.54, 1.807) is 11.8 Å². The van der Waals surface area contributed by atoms with E-state index in [1.807, 2.05) is 0 Å². The number of hydrogen-bond acceptors (Lipinski definition) is 4. The van der Waals surface area contributed by atoms with Gasteiger partial charge in [0, 0.05) is 25.3 Å². The largest absolute Gasteiger partial charge is 0.393 e. The molecule has 0 radical (unpaired) electrons. The van der Waals surface area contributed by atoms with Gasteiger partial charge in [-0.05, 0) is 63.4 Å². The van der Waals surface area contributed by atoms with Crippen LogP contribution < -0.4 is 5.32 Å². The maximum atomic E-state index is 13.0. The van der Waals surface area contributed by atoms with Crippen LogP contribution in [0.2, 0.25) is 0 Å². The molecule has 2 atom stereocenters. The Labute approximate surface area is 169 Å². The molecule has 2 heterocycles. The van der Waals surface area contributed by atoms with Crippen LogP contribution in [0.4, 0.5) is 18.9 Å². The van der Waals surface area contributed by atoms with Crippen molar-refractivity contribution in [3.05, 3.63) is 24.3 Å². The number of nitrogens with one attached hydrogen (secondary N) is 1. The topological polar surface area (TPSA) is 69.7 Å². The van der Waals surface area contributed by atoms with E-state index in [0.717, 1.165) is 12.8 Å². The molecule has 0 bridgehead atoms. The minimum atomic E-state index is -4.26. The molecule has 2 saturated heterocycles. The van der Waals surface area contributed by atoms with Crippen molar-refractivity contribution in [2.45, 2.75) is 49.7 Å². The van der Waals surface area contributed by atoms with Gasteiger partial charge >= 0.3 is 6.18 Å². The molecular formula is C19H26F3N3O3S. The molecule has 1 amide bonds. The minimum Gasteiger partial charge on any atom is -0.325 e. The average Bonchev–Trinajstić information content (AvgIpc) is 3.23. The van der Waals surface area contributed by atoms with Crippen molar-refractivity contribution in [1.29, 1.82) is 0 Å². The number of sulfonamides is 1. The Morgan fingerprint density at radius 1 is 1.10 bits per heavy atom. The molecule has 2 fully saturated rings. The first-order valence-corrected chi connectivity index (χ1v) is 11.2. The van der Waals surface area contributed by atoms with Crippen LogP contribution in [0.15, 0.2) is 29.2 Å². The van der Waals surface area contributed by atoms with Gasteiger partial charge in [0.2, 0.25) is 15.9 Å². The second-order valence-electron chi connectivity index (χ2n) is 7.68. The molecule has 0 aromatic heterocycles. The molecule has 1 N–H and O–H groups in total. The average molecular weight is 433 g/mol. The van der Waals surface area contributed by atoms with Gasteiger partial charge in [0.05, 0.1) is 16.9 Å². The summed E-state index contributed by atoms with van der Waals surface area (Å²) >= 11 is 0. The lowest BCUT2D eigenvalue weighted by Gasteiger charge is -2.36. The molecule has 29 heavy (non-hydrogen) atoms. The maximum absolute atomic E-state index is 13.0. The zero-order chi connectivity index (χ0) is 21.2. The highest BCUT2D eigenvalue weighted by Gasteiger charge is 2.43. The van der Waals surface area contributed by atoms with Gasteiger partial charge < -0.3 is 5.32 Å². The molecule has 2 aliphatic rings. The van der Waals surface area contributed by atoms with Crippen molar-refractivity contribution in [2.24, 2.45) is 5.92 Å². The molecule has 2 aliphatic heterocycles. The Bertz CT molecular complexity index is 821. The molecule has 0 spiro atoms. The Morgan fingerprint density at radius 3 is 2.31 bits per heavy atom. The van der Waals surface area contributed by atoms with Crippen molar-refractivity contribution >= 4 is 21.6 Å². The van der Waals surface area contributed by atoms with E-state index in [4.69, 9.17) is 0 Å². The summed E-state index contributed by atoms with van der Waals surface area (Å²) in [7, 11) is -3.53. The van der Waals surface area contributed by atoms with Gasteiger partial charge in [-0.3, -0.25) is 9.69 Å². The molecule has 1 aromatic rings. The van der Waals surface area contributed by atoms with Crippen LogP contribution in [0.1, 0.15) is 32.6 Å². The number of anilines is 1. The third kappa shape index (κ3) is 5.10. The van der Waals surface area contributed by atoms with Crippen molar-refractivity contribution in [2.75, 3.05) is 31.5 Å². The van der Waals surface area contributed by atoms with E-state index >= 15 is 0 Å². The van der Waals surface area contributed by atoms with Crippen molar-refractivity contribution < 1.29 is 26.4 Å². The fourth-order valence-corrected chi connectivity index (χ4v) is 5.34. The molecule has 0 saturated carbocycles. The standard InChI is InChI=1S/C19H26F3N3O3S/c1-14(24-10-4-5-15(13-24)19(20,21)22)18(26)23-16-6-8-17(9-7-16)29(27,28)25-11-2-3-12-25/h6-9,14-15H,2-5,10-13H2,1H3,(H,23,26). The summed E-state index contributed by atoms with van der Waals surface area (Å²) in [5.74, 6) is -1.83. The van der Waals surface area contributed by atoms with E-state index in [2.05, 4.69) is 5.32 Å². The third-order valence-corrected chi connectivity index (χ3v) is 7.58. The van der Waals surface area contributed by atoms with Gasteiger partial charge in [-0.2, -0.15) is 17.5 Å². The number of benzene rings is 1. The van der Waals surface area contributed by atoms with Crippen molar-refractivity contribution in [3.63, 3.8) is 0 Å². The van der Waals surface area contributed by atoms with Gasteiger partial charge in [-0.15, -0.1) is 0 Å². The number of piperidine rings is 1. The quantitative estimate of drug-likeness (QED) is 0.775. The van der Waals surface area contributed by atoms with Crippen molar-refractivity contribution in [3.8, 4) is 0 Å². The number of nitrogens with zero attached hydrogens (tertiary/aromatic N) is 2. The summed E-state index contributed by atoms with van der Waals surface area (Å²) in [6.45, 7) is 2.85. The second kappa shape index (κ2) is 8.61. The van der Waals surface area contributed by atoms with Crippen LogP contribution >= 0.6 is 0 Å². The van der Waals surface area contributed by atoms with E-state index in [9.17, 15) is 26.4 Å². The number of hydrogen-bond donors (Lipinski definition) is 1. The highest BCUT2D eigenvalue weighted by atomic mass is 32.2. The lowest BCUT2D eigenvalue weighted by Crippen LogP contribution is -2.49. The van der Waals surface area contributed by atoms with Crippen LogP contribution in [0.5, 0.6) is 0 Å². The maximum Gasteiger partial charge on any atom is 0.393 e. The highest BCUT2D eigenvalue weighted by Crippen LogP contribution is 2.33. The first-order valence-electron chi connectivity index (χ1n) is 9.81. The second-order valence-corrected chi connectivity index (χ2v) is 9.61. The zero-order valence-corrected chi connectivity index (χ0v) is 17.1. The predicted molar refractivity (Wildman–Crippen MR) is 103 cm³/mol. The summed E-state index contributed by atoms with van der Waals surface area (Å²) < 4.78 is 65.5. The molecular weight excluding hydrogens is 407 g/mol. The van der Waals surface area contributed by atoms with E-state index < -0.39 is 34.1 Å². The summed E-state index contributed by atoms with van der Waals surface area (Å²) in [5, 5.41) is 2.67. The number of likely N-dealkylation sites (tertiary alicyclic amines) is 1. The van der Waals surface area contributed by atoms with Gasteiger partial charge in [-0.1, -0.05) is 0 Å². The number of amides is 1. The number of halogens is 3. The van der Waals surface area contributed by atoms with Crippen LogP contribution in [0.25, 0.3) is 0 Å². The zero-order valence-electron chi connectivity index (χ0n) is 16.3. The number of carbonyl (C=O) groups is 1. The van der Waals surface area contributed by atoms with Gasteiger partial charge in [-0.25, -0.2) is 8.42 Å². The minimum absolute atomic E-state index is 0.0846. The SMILES string of the molecule is CC(C(=O)Nc1ccc(S(=O)(=O)N2CCCC2)cc1)N1CCCC(C(F)(F)F)C1. The predicted octanol–water partition coefficient (Wildman–Crippen LogP) is 3.07. The van der Waals surface area contributed by atoms with Gasteiger partial charge in [0.1, 0.15) is 0 Å². The van der Waals surface area contributed by atoms with Crippen LogP contribution in [0.3, 0.4) is 0 Å². The fraction of sp³-hybridized carbons (Fsp3) is 0.632. The van der Waals surface area contributed by atoms with Gasteiger partial charge in [0.15, 0.2) is 0 Å². The summed E-state index contributed by atoms with van der Waals surface area (Å²) in [6.07, 6.45) is -2.09. The smallest absolute Gasteiger partial charge is 0.325 e. The normalized spacial score (nSPS) is 23.1. The lowest BCUT2D eigenvalue weighted by atomic mass is 9.96. The van der Waals surface area contributed by atoms with Crippen LogP contribution in [-0.4, -0.2) is 61.9 Å². The summed E-state index contributed by atoms with van der Waals surface area (Å²) in [4.78, 5) is 14.2. The van der Waals surface area contributed by atoms with Crippen LogP contribution in [-0.2, 0) is 14.8 Å². The lowest BCUT2D eigenvalue weighted by molar-refractivity contribution is -0.188. The molecule has 0 aliphatic carbocycles.